The Balaban J connectivity index is 1.99. The van der Waals surface area contributed by atoms with Gasteiger partial charge in [0, 0.05) is 23.5 Å². The van der Waals surface area contributed by atoms with Crippen LogP contribution in [-0.2, 0) is 16.6 Å². The lowest BCUT2D eigenvalue weighted by molar-refractivity contribution is 0.535. The number of hydrogen-bond donors (Lipinski definition) is 2. The van der Waals surface area contributed by atoms with Crippen LogP contribution in [0.25, 0.3) is 0 Å². The monoisotopic (exact) mass is 330 g/mol. The second-order valence-corrected chi connectivity index (χ2v) is 9.07. The van der Waals surface area contributed by atoms with Gasteiger partial charge >= 0.3 is 0 Å². The van der Waals surface area contributed by atoms with Gasteiger partial charge < -0.3 is 5.32 Å². The maximum Gasteiger partial charge on any atom is 0.250 e. The molecule has 0 saturated heterocycles. The fraction of sp³-hybridized carbons (Fsp3) is 0.733. The van der Waals surface area contributed by atoms with Crippen LogP contribution in [0.4, 0.5) is 0 Å². The molecule has 1 aliphatic rings. The van der Waals surface area contributed by atoms with Crippen molar-refractivity contribution in [2.75, 3.05) is 0 Å². The highest BCUT2D eigenvalue weighted by Crippen LogP contribution is 2.27. The molecule has 0 bridgehead atoms. The molecule has 2 N–H and O–H groups in total. The molecule has 4 nitrogen and oxygen atoms in total. The summed E-state index contributed by atoms with van der Waals surface area (Å²) in [4.78, 5) is 1.13. The Bertz CT molecular complexity index is 562. The number of sulfonamides is 1. The van der Waals surface area contributed by atoms with Crippen LogP contribution < -0.4 is 10.0 Å². The summed E-state index contributed by atoms with van der Waals surface area (Å²) < 4.78 is 28.0. The molecule has 0 amide bonds. The van der Waals surface area contributed by atoms with Gasteiger partial charge in [0.25, 0.3) is 0 Å². The summed E-state index contributed by atoms with van der Waals surface area (Å²) in [6, 6.07) is 2.42. The number of rotatable bonds is 9. The first-order chi connectivity index (χ1) is 9.92. The zero-order chi connectivity index (χ0) is 15.5. The summed E-state index contributed by atoms with van der Waals surface area (Å²) in [6.07, 6.45) is 5.50. The minimum Gasteiger partial charge on any atom is -0.309 e. The number of nitrogens with one attached hydrogen (secondary N) is 2. The normalized spacial score (nSPS) is 17.1. The predicted molar refractivity (Wildman–Crippen MR) is 88.2 cm³/mol. The van der Waals surface area contributed by atoms with Crippen molar-refractivity contribution in [1.29, 1.82) is 0 Å². The molecule has 1 heterocycles. The van der Waals surface area contributed by atoms with Crippen molar-refractivity contribution in [3.63, 3.8) is 0 Å². The van der Waals surface area contributed by atoms with Gasteiger partial charge in [-0.1, -0.05) is 19.8 Å². The second kappa shape index (κ2) is 7.22. The van der Waals surface area contributed by atoms with E-state index in [0.717, 1.165) is 36.2 Å². The fourth-order valence-corrected chi connectivity index (χ4v) is 5.05. The lowest BCUT2D eigenvalue weighted by Crippen LogP contribution is -2.32. The molecule has 1 saturated carbocycles. The van der Waals surface area contributed by atoms with E-state index < -0.39 is 10.0 Å². The molecule has 120 valence electrons. The molecule has 21 heavy (non-hydrogen) atoms. The summed E-state index contributed by atoms with van der Waals surface area (Å²) in [5.41, 5.74) is 1.06. The standard InChI is InChI=1S/C15H26N2O2S2/c1-4-5-6-12(3)17-21(18,19)15-9-11(2)14(20-15)10-16-13-7-8-13/h9,12-13,16-17H,4-8,10H2,1-3H3. The van der Waals surface area contributed by atoms with Crippen molar-refractivity contribution in [3.05, 3.63) is 16.5 Å². The highest BCUT2D eigenvalue weighted by molar-refractivity contribution is 7.91. The quantitative estimate of drug-likeness (QED) is 0.731. The van der Waals surface area contributed by atoms with Crippen LogP contribution in [0.5, 0.6) is 0 Å². The largest absolute Gasteiger partial charge is 0.309 e. The molecule has 1 aromatic heterocycles. The van der Waals surface area contributed by atoms with Crippen LogP contribution in [0.2, 0.25) is 0 Å². The molecule has 6 heteroatoms. The van der Waals surface area contributed by atoms with Crippen LogP contribution in [0, 0.1) is 6.92 Å². The average Bonchev–Trinajstić information content (AvgIpc) is 3.16. The van der Waals surface area contributed by atoms with E-state index in [1.807, 2.05) is 13.8 Å². The number of thiophene rings is 1. The van der Waals surface area contributed by atoms with Crippen molar-refractivity contribution in [1.82, 2.24) is 10.0 Å². The molecular weight excluding hydrogens is 304 g/mol. The van der Waals surface area contributed by atoms with Gasteiger partial charge in [-0.25, -0.2) is 13.1 Å². The molecule has 1 aromatic rings. The Labute approximate surface area is 132 Å². The van der Waals surface area contributed by atoms with Gasteiger partial charge in [-0.2, -0.15) is 0 Å². The van der Waals surface area contributed by atoms with Crippen LogP contribution in [0.3, 0.4) is 0 Å². The fourth-order valence-electron chi connectivity index (χ4n) is 2.21. The molecule has 0 spiro atoms. The van der Waals surface area contributed by atoms with Gasteiger partial charge in [0.2, 0.25) is 10.0 Å². The molecule has 2 rings (SSSR count). The van der Waals surface area contributed by atoms with Gasteiger partial charge in [0.05, 0.1) is 0 Å². The first-order valence-electron chi connectivity index (χ1n) is 7.77. The van der Waals surface area contributed by atoms with Gasteiger partial charge in [0.1, 0.15) is 4.21 Å². The molecule has 0 aromatic carbocycles. The first kappa shape index (κ1) is 16.9. The number of aryl methyl sites for hydroxylation is 1. The van der Waals surface area contributed by atoms with Gasteiger partial charge in [0.15, 0.2) is 0 Å². The van der Waals surface area contributed by atoms with Crippen molar-refractivity contribution in [3.8, 4) is 0 Å². The topological polar surface area (TPSA) is 58.2 Å². The van der Waals surface area contributed by atoms with E-state index in [-0.39, 0.29) is 6.04 Å². The Morgan fingerprint density at radius 3 is 2.76 bits per heavy atom. The first-order valence-corrected chi connectivity index (χ1v) is 10.1. The Kier molecular flexibility index (Phi) is 5.82. The van der Waals surface area contributed by atoms with Crippen molar-refractivity contribution < 1.29 is 8.42 Å². The zero-order valence-corrected chi connectivity index (χ0v) is 14.7. The molecule has 0 radical (unpaired) electrons. The Morgan fingerprint density at radius 2 is 2.14 bits per heavy atom. The molecule has 1 fully saturated rings. The third-order valence-electron chi connectivity index (χ3n) is 3.74. The van der Waals surface area contributed by atoms with Crippen LogP contribution in [0.1, 0.15) is 56.4 Å². The summed E-state index contributed by atoms with van der Waals surface area (Å²) in [6.45, 7) is 6.81. The molecule has 1 unspecified atom stereocenters. The molecule has 1 aliphatic carbocycles. The Hall–Kier alpha value is -0.430. The van der Waals surface area contributed by atoms with E-state index in [1.54, 1.807) is 6.07 Å². The summed E-state index contributed by atoms with van der Waals surface area (Å²) in [5, 5.41) is 3.44. The van der Waals surface area contributed by atoms with Crippen molar-refractivity contribution in [2.45, 2.75) is 75.7 Å². The lowest BCUT2D eigenvalue weighted by atomic mass is 10.2. The third-order valence-corrected chi connectivity index (χ3v) is 7.04. The lowest BCUT2D eigenvalue weighted by Gasteiger charge is -2.12. The maximum absolute atomic E-state index is 12.4. The highest BCUT2D eigenvalue weighted by atomic mass is 32.2. The van der Waals surface area contributed by atoms with E-state index in [4.69, 9.17) is 0 Å². The summed E-state index contributed by atoms with van der Waals surface area (Å²) in [5.74, 6) is 0. The van der Waals surface area contributed by atoms with Crippen LogP contribution >= 0.6 is 11.3 Å². The van der Waals surface area contributed by atoms with Crippen LogP contribution in [0.15, 0.2) is 10.3 Å². The molecular formula is C15H26N2O2S2. The zero-order valence-electron chi connectivity index (χ0n) is 13.1. The minimum absolute atomic E-state index is 0.00889. The predicted octanol–water partition coefficient (Wildman–Crippen LogP) is 3.17. The van der Waals surface area contributed by atoms with E-state index in [2.05, 4.69) is 17.0 Å². The van der Waals surface area contributed by atoms with Crippen molar-refractivity contribution >= 4 is 21.4 Å². The smallest absolute Gasteiger partial charge is 0.250 e. The average molecular weight is 331 g/mol. The molecule has 1 atom stereocenters. The van der Waals surface area contributed by atoms with E-state index in [0.29, 0.717) is 10.3 Å². The summed E-state index contributed by atoms with van der Waals surface area (Å²) in [7, 11) is -3.37. The van der Waals surface area contributed by atoms with Gasteiger partial charge in [-0.3, -0.25) is 0 Å². The van der Waals surface area contributed by atoms with Gasteiger partial charge in [-0.05, 0) is 44.7 Å². The number of hydrogen-bond acceptors (Lipinski definition) is 4. The summed E-state index contributed by atoms with van der Waals surface area (Å²) >= 11 is 1.39. The SMILES string of the molecule is CCCCC(C)NS(=O)(=O)c1cc(C)c(CNC2CC2)s1. The van der Waals surface area contributed by atoms with E-state index >= 15 is 0 Å². The maximum atomic E-state index is 12.4. The van der Waals surface area contributed by atoms with Crippen molar-refractivity contribution in [2.24, 2.45) is 0 Å². The highest BCUT2D eigenvalue weighted by Gasteiger charge is 2.23. The third kappa shape index (κ3) is 5.06. The molecule has 0 aliphatic heterocycles. The van der Waals surface area contributed by atoms with Gasteiger partial charge in [-0.15, -0.1) is 11.3 Å². The van der Waals surface area contributed by atoms with Crippen LogP contribution in [-0.4, -0.2) is 20.5 Å². The number of unbranched alkanes of at least 4 members (excludes halogenated alkanes) is 1. The second-order valence-electron chi connectivity index (χ2n) is 5.99. The minimum atomic E-state index is -3.37. The van der Waals surface area contributed by atoms with E-state index in [9.17, 15) is 8.42 Å². The van der Waals surface area contributed by atoms with E-state index in [1.165, 1.54) is 24.2 Å². The Morgan fingerprint density at radius 1 is 1.43 bits per heavy atom.